The number of fused-ring (bicyclic) bond motifs is 1. The summed E-state index contributed by atoms with van der Waals surface area (Å²) < 4.78 is 10.6. The van der Waals surface area contributed by atoms with Gasteiger partial charge in [-0.1, -0.05) is 72.4 Å². The normalized spacial score (nSPS) is 14.5. The topological polar surface area (TPSA) is 51.1 Å². The van der Waals surface area contributed by atoms with Gasteiger partial charge < -0.3 is 9.47 Å². The lowest BCUT2D eigenvalue weighted by Gasteiger charge is -2.18. The lowest BCUT2D eigenvalue weighted by atomic mass is 10.1. The van der Waals surface area contributed by atoms with Crippen molar-refractivity contribution in [2.75, 3.05) is 19.1 Å². The van der Waals surface area contributed by atoms with E-state index < -0.39 is 0 Å². The fourth-order valence-electron chi connectivity index (χ4n) is 3.99. The third-order valence-corrected chi connectivity index (χ3v) is 6.78. The van der Waals surface area contributed by atoms with E-state index in [1.807, 2.05) is 60.7 Å². The van der Waals surface area contributed by atoms with Crippen LogP contribution in [0.1, 0.15) is 11.1 Å². The van der Waals surface area contributed by atoms with Crippen molar-refractivity contribution < 1.29 is 14.3 Å². The molecule has 0 atom stereocenters. The van der Waals surface area contributed by atoms with E-state index in [1.165, 1.54) is 16.3 Å². The van der Waals surface area contributed by atoms with Gasteiger partial charge in [-0.25, -0.2) is 4.99 Å². The minimum absolute atomic E-state index is 0.172. The lowest BCUT2D eigenvalue weighted by molar-refractivity contribution is -0.113. The second-order valence-corrected chi connectivity index (χ2v) is 8.91. The van der Waals surface area contributed by atoms with Gasteiger partial charge >= 0.3 is 0 Å². The fraction of sp³-hybridized carbons (Fsp3) is 0.103. The average molecular weight is 481 g/mol. The standard InChI is InChI=1S/C29H24N2O3S/c1-33-24-15-13-20(14-16-24)17-27-28(32)31(23-10-6-11-25(18-23)34-2)29(30-27)35-19-22-9-5-8-21-7-3-4-12-26(21)22/h3-18H,19H2,1-2H3. The molecule has 4 aromatic rings. The maximum absolute atomic E-state index is 13.5. The number of aliphatic imine (C=N–C) groups is 1. The molecule has 174 valence electrons. The molecule has 1 heterocycles. The lowest BCUT2D eigenvalue weighted by Crippen LogP contribution is -2.30. The Labute approximate surface area is 208 Å². The van der Waals surface area contributed by atoms with Crippen molar-refractivity contribution in [3.05, 3.63) is 108 Å². The molecule has 5 rings (SSSR count). The van der Waals surface area contributed by atoms with Gasteiger partial charge in [-0.15, -0.1) is 0 Å². The number of methoxy groups -OCH3 is 2. The summed E-state index contributed by atoms with van der Waals surface area (Å²) in [5.41, 5.74) is 3.18. The van der Waals surface area contributed by atoms with Crippen LogP contribution in [-0.2, 0) is 10.5 Å². The molecule has 5 nitrogen and oxygen atoms in total. The molecule has 1 aliphatic rings. The molecule has 0 unspecified atom stereocenters. The van der Waals surface area contributed by atoms with E-state index in [2.05, 4.69) is 30.3 Å². The predicted molar refractivity (Wildman–Crippen MR) is 144 cm³/mol. The van der Waals surface area contributed by atoms with E-state index >= 15 is 0 Å². The monoisotopic (exact) mass is 480 g/mol. The number of rotatable bonds is 6. The largest absolute Gasteiger partial charge is 0.497 e. The van der Waals surface area contributed by atoms with Crippen LogP contribution >= 0.6 is 11.8 Å². The van der Waals surface area contributed by atoms with Crippen LogP contribution < -0.4 is 14.4 Å². The fourth-order valence-corrected chi connectivity index (χ4v) is 5.01. The first-order valence-corrected chi connectivity index (χ1v) is 12.2. The summed E-state index contributed by atoms with van der Waals surface area (Å²) in [6.45, 7) is 0. The van der Waals surface area contributed by atoms with Gasteiger partial charge in [0.25, 0.3) is 5.91 Å². The van der Waals surface area contributed by atoms with Crippen LogP contribution in [0.15, 0.2) is 102 Å². The van der Waals surface area contributed by atoms with Crippen LogP contribution in [0.2, 0.25) is 0 Å². The molecule has 1 aliphatic heterocycles. The maximum Gasteiger partial charge on any atom is 0.283 e. The van der Waals surface area contributed by atoms with Crippen molar-refractivity contribution in [3.63, 3.8) is 0 Å². The summed E-state index contributed by atoms with van der Waals surface area (Å²) in [5.74, 6) is 1.96. The highest BCUT2D eigenvalue weighted by Crippen LogP contribution is 2.33. The molecule has 35 heavy (non-hydrogen) atoms. The predicted octanol–water partition coefficient (Wildman–Crippen LogP) is 6.53. The SMILES string of the molecule is COc1ccc(C=C2N=C(SCc3cccc4ccccc34)N(c3cccc(OC)c3)C2=O)cc1. The average Bonchev–Trinajstić information content (AvgIpc) is 3.22. The van der Waals surface area contributed by atoms with Crippen LogP contribution in [0.5, 0.6) is 11.5 Å². The van der Waals surface area contributed by atoms with Gasteiger partial charge in [-0.2, -0.15) is 0 Å². The van der Waals surface area contributed by atoms with Crippen LogP contribution in [0.4, 0.5) is 5.69 Å². The van der Waals surface area contributed by atoms with Gasteiger partial charge in [0.05, 0.1) is 19.9 Å². The smallest absolute Gasteiger partial charge is 0.283 e. The minimum Gasteiger partial charge on any atom is -0.497 e. The molecule has 0 aromatic heterocycles. The molecule has 0 N–H and O–H groups in total. The third kappa shape index (κ3) is 4.79. The Hall–Kier alpha value is -4.03. The molecular formula is C29H24N2O3S. The molecule has 4 aromatic carbocycles. The molecule has 1 amide bonds. The van der Waals surface area contributed by atoms with Crippen LogP contribution in [0, 0.1) is 0 Å². The Bertz CT molecular complexity index is 1440. The van der Waals surface area contributed by atoms with E-state index in [0.717, 1.165) is 17.0 Å². The van der Waals surface area contributed by atoms with Crippen LogP contribution in [-0.4, -0.2) is 25.3 Å². The highest BCUT2D eigenvalue weighted by atomic mass is 32.2. The van der Waals surface area contributed by atoms with Crippen molar-refractivity contribution >= 4 is 45.4 Å². The van der Waals surface area contributed by atoms with Crippen LogP contribution in [0.25, 0.3) is 16.8 Å². The summed E-state index contributed by atoms with van der Waals surface area (Å²) in [5, 5.41) is 3.03. The van der Waals surface area contributed by atoms with Crippen molar-refractivity contribution in [2.45, 2.75) is 5.75 Å². The first kappa shape index (κ1) is 22.7. The summed E-state index contributed by atoms with van der Waals surface area (Å²) in [6.07, 6.45) is 1.81. The number of benzene rings is 4. The Morgan fingerprint density at radius 1 is 0.857 bits per heavy atom. The van der Waals surface area contributed by atoms with Crippen molar-refractivity contribution in [1.82, 2.24) is 0 Å². The second kappa shape index (κ2) is 10.1. The van der Waals surface area contributed by atoms with Gasteiger partial charge in [0, 0.05) is 11.8 Å². The molecule has 0 radical (unpaired) electrons. The van der Waals surface area contributed by atoms with E-state index in [4.69, 9.17) is 14.5 Å². The minimum atomic E-state index is -0.172. The van der Waals surface area contributed by atoms with E-state index in [-0.39, 0.29) is 5.91 Å². The quantitative estimate of drug-likeness (QED) is 0.294. The Morgan fingerprint density at radius 2 is 1.60 bits per heavy atom. The number of thioether (sulfide) groups is 1. The molecule has 0 saturated carbocycles. The highest BCUT2D eigenvalue weighted by Gasteiger charge is 2.32. The number of anilines is 1. The number of carbonyl (C=O) groups is 1. The van der Waals surface area contributed by atoms with Crippen molar-refractivity contribution in [1.29, 1.82) is 0 Å². The molecule has 0 bridgehead atoms. The zero-order valence-corrected chi connectivity index (χ0v) is 20.3. The molecule has 0 aliphatic carbocycles. The molecule has 0 spiro atoms. The summed E-state index contributed by atoms with van der Waals surface area (Å²) in [4.78, 5) is 20.0. The molecule has 6 heteroatoms. The number of amides is 1. The van der Waals surface area contributed by atoms with E-state index in [9.17, 15) is 4.79 Å². The Morgan fingerprint density at radius 3 is 2.40 bits per heavy atom. The summed E-state index contributed by atoms with van der Waals surface area (Å²) >= 11 is 1.55. The van der Waals surface area contributed by atoms with E-state index in [0.29, 0.717) is 22.4 Å². The number of ether oxygens (including phenoxy) is 2. The molecular weight excluding hydrogens is 456 g/mol. The first-order valence-electron chi connectivity index (χ1n) is 11.2. The second-order valence-electron chi connectivity index (χ2n) is 7.97. The van der Waals surface area contributed by atoms with Gasteiger partial charge in [0.15, 0.2) is 5.17 Å². The zero-order valence-electron chi connectivity index (χ0n) is 19.5. The Balaban J connectivity index is 1.50. The number of amidine groups is 1. The van der Waals surface area contributed by atoms with Crippen molar-refractivity contribution in [3.8, 4) is 11.5 Å². The highest BCUT2D eigenvalue weighted by molar-refractivity contribution is 8.13. The van der Waals surface area contributed by atoms with Gasteiger partial charge in [0.1, 0.15) is 17.2 Å². The first-order chi connectivity index (χ1) is 17.2. The maximum atomic E-state index is 13.5. The number of hydrogen-bond acceptors (Lipinski definition) is 5. The Kier molecular flexibility index (Phi) is 6.55. The van der Waals surface area contributed by atoms with Gasteiger partial charge in [-0.05, 0) is 52.2 Å². The van der Waals surface area contributed by atoms with Gasteiger partial charge in [0.2, 0.25) is 0 Å². The number of nitrogens with zero attached hydrogens (tertiary/aromatic N) is 2. The molecule has 0 fully saturated rings. The third-order valence-electron chi connectivity index (χ3n) is 5.80. The number of carbonyl (C=O) groups excluding carboxylic acids is 1. The number of hydrogen-bond donors (Lipinski definition) is 0. The molecule has 0 saturated heterocycles. The van der Waals surface area contributed by atoms with E-state index in [1.54, 1.807) is 37.0 Å². The summed E-state index contributed by atoms with van der Waals surface area (Å²) in [7, 11) is 3.24. The zero-order chi connectivity index (χ0) is 24.2. The van der Waals surface area contributed by atoms with Crippen molar-refractivity contribution in [2.24, 2.45) is 4.99 Å². The van der Waals surface area contributed by atoms with Crippen LogP contribution in [0.3, 0.4) is 0 Å². The summed E-state index contributed by atoms with van der Waals surface area (Å²) in [6, 6.07) is 29.6. The van der Waals surface area contributed by atoms with Gasteiger partial charge in [-0.3, -0.25) is 9.69 Å².